The molecule has 0 fully saturated rings. The van der Waals surface area contributed by atoms with Crippen molar-refractivity contribution in [2.45, 2.75) is 90.0 Å². The van der Waals surface area contributed by atoms with Gasteiger partial charge in [0.15, 0.2) is 0 Å². The molecule has 0 aliphatic rings. The minimum Gasteiger partial charge on any atom is -0.390 e. The molecule has 0 bridgehead atoms. The second-order valence-corrected chi connectivity index (χ2v) is 10.3. The third-order valence-electron chi connectivity index (χ3n) is 4.80. The topological polar surface area (TPSA) is 124 Å². The van der Waals surface area contributed by atoms with Gasteiger partial charge in [-0.1, -0.05) is 6.92 Å². The van der Waals surface area contributed by atoms with Gasteiger partial charge in [-0.25, -0.2) is 0 Å². The minimum absolute atomic E-state index is 0.00262. The number of carbonyl (C=O) groups excluding carboxylic acids is 3. The van der Waals surface area contributed by atoms with Crippen molar-refractivity contribution in [2.24, 2.45) is 5.73 Å². The summed E-state index contributed by atoms with van der Waals surface area (Å²) in [4.78, 5) is 40.3. The Bertz CT molecular complexity index is 572. The first kappa shape index (κ1) is 28.7. The Morgan fingerprint density at radius 3 is 2.00 bits per heavy atom. The average Bonchev–Trinajstić information content (AvgIpc) is 2.59. The van der Waals surface area contributed by atoms with Crippen LogP contribution in [0, 0.1) is 0 Å². The Morgan fingerprint density at radius 2 is 1.57 bits per heavy atom. The molecule has 0 radical (unpaired) electrons. The highest BCUT2D eigenvalue weighted by Crippen LogP contribution is 2.20. The van der Waals surface area contributed by atoms with E-state index >= 15 is 0 Å². The summed E-state index contributed by atoms with van der Waals surface area (Å²) in [5, 5.41) is 19.9. The van der Waals surface area contributed by atoms with Gasteiger partial charge in [0.2, 0.25) is 17.7 Å². The zero-order chi connectivity index (χ0) is 23.7. The molecule has 0 saturated heterocycles. The second-order valence-electron chi connectivity index (χ2n) is 9.15. The fourth-order valence-corrected chi connectivity index (χ4v) is 4.11. The molecule has 0 aromatic heterocycles. The number of primary amides is 1. The number of thioether (sulfide) groups is 1. The van der Waals surface area contributed by atoms with E-state index in [4.69, 9.17) is 5.73 Å². The van der Waals surface area contributed by atoms with Gasteiger partial charge in [-0.05, 0) is 52.7 Å². The fourth-order valence-electron chi connectivity index (χ4n) is 3.00. The molecule has 3 amide bonds. The van der Waals surface area contributed by atoms with Gasteiger partial charge in [-0.2, -0.15) is 11.8 Å². The zero-order valence-electron chi connectivity index (χ0n) is 19.6. The molecule has 0 aliphatic heterocycles. The third-order valence-corrected chi connectivity index (χ3v) is 5.93. The van der Waals surface area contributed by atoms with E-state index < -0.39 is 29.2 Å². The van der Waals surface area contributed by atoms with E-state index in [2.05, 4.69) is 0 Å². The van der Waals surface area contributed by atoms with E-state index in [9.17, 15) is 24.6 Å². The molecule has 0 unspecified atom stereocenters. The number of aliphatic hydroxyl groups is 2. The van der Waals surface area contributed by atoms with Gasteiger partial charge in [-0.3, -0.25) is 14.4 Å². The molecule has 30 heavy (non-hydrogen) atoms. The number of hydrogen-bond acceptors (Lipinski definition) is 6. The van der Waals surface area contributed by atoms with E-state index in [1.807, 2.05) is 6.92 Å². The molecular formula is C21H41N3O5S. The molecular weight excluding hydrogens is 406 g/mol. The lowest BCUT2D eigenvalue weighted by molar-refractivity contribution is -0.147. The Balaban J connectivity index is 5.37. The Kier molecular flexibility index (Phi) is 12.0. The van der Waals surface area contributed by atoms with E-state index in [-0.39, 0.29) is 18.2 Å². The van der Waals surface area contributed by atoms with Crippen molar-refractivity contribution in [3.8, 4) is 0 Å². The van der Waals surface area contributed by atoms with Crippen LogP contribution in [0.4, 0.5) is 0 Å². The van der Waals surface area contributed by atoms with Crippen LogP contribution in [-0.4, -0.2) is 86.6 Å². The lowest BCUT2D eigenvalue weighted by Gasteiger charge is -2.35. The van der Waals surface area contributed by atoms with Crippen molar-refractivity contribution in [1.29, 1.82) is 0 Å². The van der Waals surface area contributed by atoms with Crippen LogP contribution in [0.1, 0.15) is 66.7 Å². The molecule has 0 aliphatic carbocycles. The highest BCUT2D eigenvalue weighted by atomic mass is 32.2. The van der Waals surface area contributed by atoms with Crippen LogP contribution in [0.5, 0.6) is 0 Å². The highest BCUT2D eigenvalue weighted by molar-refractivity contribution is 7.99. The summed E-state index contributed by atoms with van der Waals surface area (Å²) in [6.07, 6.45) is 2.42. The summed E-state index contributed by atoms with van der Waals surface area (Å²) in [5.74, 6) is -0.123. The largest absolute Gasteiger partial charge is 0.390 e. The normalized spacial score (nSPS) is 14.2. The zero-order valence-corrected chi connectivity index (χ0v) is 20.4. The monoisotopic (exact) mass is 447 g/mol. The summed E-state index contributed by atoms with van der Waals surface area (Å²) in [6, 6.07) is -1.72. The molecule has 0 saturated carbocycles. The SMILES string of the molecule is CCCC(=O)N(C)[C@H](CSCCCC(C)(C)O)C(=O)N(C)[C@@H](CC(C)(C)O)C(N)=O. The van der Waals surface area contributed by atoms with Gasteiger partial charge in [0.05, 0.1) is 11.2 Å². The van der Waals surface area contributed by atoms with Crippen LogP contribution >= 0.6 is 11.8 Å². The van der Waals surface area contributed by atoms with Gasteiger partial charge < -0.3 is 25.7 Å². The van der Waals surface area contributed by atoms with Crippen LogP contribution < -0.4 is 5.73 Å². The van der Waals surface area contributed by atoms with Crippen molar-refractivity contribution >= 4 is 29.5 Å². The molecule has 176 valence electrons. The summed E-state index contributed by atoms with van der Waals surface area (Å²) in [5.41, 5.74) is 3.57. The first-order valence-electron chi connectivity index (χ1n) is 10.4. The first-order chi connectivity index (χ1) is 13.6. The molecule has 8 nitrogen and oxygen atoms in total. The van der Waals surface area contributed by atoms with Crippen LogP contribution in [0.25, 0.3) is 0 Å². The highest BCUT2D eigenvalue weighted by Gasteiger charge is 2.36. The maximum Gasteiger partial charge on any atom is 0.246 e. The van der Waals surface area contributed by atoms with Crippen LogP contribution in [-0.2, 0) is 14.4 Å². The summed E-state index contributed by atoms with van der Waals surface area (Å²) < 4.78 is 0. The minimum atomic E-state index is -1.18. The maximum atomic E-state index is 13.2. The number of amides is 3. The van der Waals surface area contributed by atoms with Crippen LogP contribution in [0.2, 0.25) is 0 Å². The first-order valence-corrected chi connectivity index (χ1v) is 11.6. The summed E-state index contributed by atoms with van der Waals surface area (Å²) >= 11 is 1.53. The summed E-state index contributed by atoms with van der Waals surface area (Å²) in [6.45, 7) is 8.50. The van der Waals surface area contributed by atoms with Gasteiger partial charge in [0.1, 0.15) is 12.1 Å². The molecule has 0 aromatic rings. The number of hydrogen-bond donors (Lipinski definition) is 3. The van der Waals surface area contributed by atoms with Crippen molar-refractivity contribution in [3.63, 3.8) is 0 Å². The number of rotatable bonds is 14. The molecule has 2 atom stereocenters. The number of carbonyl (C=O) groups is 3. The van der Waals surface area contributed by atoms with E-state index in [1.54, 1.807) is 34.7 Å². The van der Waals surface area contributed by atoms with Gasteiger partial charge in [0, 0.05) is 32.7 Å². The molecule has 0 heterocycles. The second kappa shape index (κ2) is 12.5. The number of nitrogens with zero attached hydrogens (tertiary/aromatic N) is 2. The Morgan fingerprint density at radius 1 is 1.00 bits per heavy atom. The number of nitrogens with two attached hydrogens (primary N) is 1. The predicted molar refractivity (Wildman–Crippen MR) is 121 cm³/mol. The maximum absolute atomic E-state index is 13.2. The van der Waals surface area contributed by atoms with Gasteiger partial charge in [0.25, 0.3) is 0 Å². The van der Waals surface area contributed by atoms with Crippen molar-refractivity contribution in [1.82, 2.24) is 9.80 Å². The quantitative estimate of drug-likeness (QED) is 0.346. The van der Waals surface area contributed by atoms with Crippen LogP contribution in [0.3, 0.4) is 0 Å². The van der Waals surface area contributed by atoms with E-state index in [0.29, 0.717) is 25.0 Å². The lowest BCUT2D eigenvalue weighted by Crippen LogP contribution is -2.56. The standard InChI is InChI=1S/C21H41N3O5S/c1-8-10-17(25)23(6)16(14-30-12-9-11-20(2,3)28)19(27)24(7)15(18(22)26)13-21(4,5)29/h15-16,28-29H,8-14H2,1-7H3,(H2,22,26)/t15-,16+/m0/s1. The third kappa shape index (κ3) is 11.2. The summed E-state index contributed by atoms with van der Waals surface area (Å²) in [7, 11) is 3.08. The van der Waals surface area contributed by atoms with Gasteiger partial charge in [-0.15, -0.1) is 0 Å². The predicted octanol–water partition coefficient (Wildman–Crippen LogP) is 1.37. The molecule has 4 N–H and O–H groups in total. The molecule has 0 aromatic carbocycles. The Labute approximate surface area is 185 Å². The molecule has 0 rings (SSSR count). The van der Waals surface area contributed by atoms with Gasteiger partial charge >= 0.3 is 0 Å². The van der Waals surface area contributed by atoms with Crippen LogP contribution in [0.15, 0.2) is 0 Å². The number of likely N-dealkylation sites (N-methyl/N-ethyl adjacent to an activating group) is 2. The van der Waals surface area contributed by atoms with E-state index in [0.717, 1.165) is 12.2 Å². The van der Waals surface area contributed by atoms with E-state index in [1.165, 1.54) is 28.6 Å². The van der Waals surface area contributed by atoms with Crippen molar-refractivity contribution in [2.75, 3.05) is 25.6 Å². The molecule has 9 heteroatoms. The lowest BCUT2D eigenvalue weighted by atomic mass is 9.97. The average molecular weight is 448 g/mol. The molecule has 0 spiro atoms. The smallest absolute Gasteiger partial charge is 0.246 e. The van der Waals surface area contributed by atoms with Crippen molar-refractivity contribution < 1.29 is 24.6 Å². The Hall–Kier alpha value is -1.32. The fraction of sp³-hybridized carbons (Fsp3) is 0.857. The van der Waals surface area contributed by atoms with Crippen molar-refractivity contribution in [3.05, 3.63) is 0 Å².